The number of piperidine rings is 1. The van der Waals surface area contributed by atoms with Crippen molar-refractivity contribution in [3.63, 3.8) is 0 Å². The van der Waals surface area contributed by atoms with Crippen molar-refractivity contribution in [3.05, 3.63) is 59.7 Å². The summed E-state index contributed by atoms with van der Waals surface area (Å²) in [6, 6.07) is 15.8. The second-order valence-electron chi connectivity index (χ2n) is 9.54. The molecule has 0 saturated carbocycles. The highest BCUT2D eigenvalue weighted by atomic mass is 16.5. The number of hydrogen-bond donors (Lipinski definition) is 0. The molecule has 0 N–H and O–H groups in total. The fourth-order valence-corrected chi connectivity index (χ4v) is 5.14. The molecule has 0 aliphatic carbocycles. The maximum Gasteiger partial charge on any atom is 0.253 e. The molecular formula is C28H37NO5. The van der Waals surface area contributed by atoms with Gasteiger partial charge in [-0.25, -0.2) is 0 Å². The summed E-state index contributed by atoms with van der Waals surface area (Å²) < 4.78 is 24.1. The zero-order valence-corrected chi connectivity index (χ0v) is 20.8. The SMILES string of the molecule is CCO[C@@H]1C[C@H](c2ccccc2)OC2(CCN(C(=O)c3ccc(OC(C)C)c(OC)c3)CC2)C1. The summed E-state index contributed by atoms with van der Waals surface area (Å²) in [5.74, 6) is 1.24. The van der Waals surface area contributed by atoms with Gasteiger partial charge in [-0.2, -0.15) is 0 Å². The van der Waals surface area contributed by atoms with Gasteiger partial charge in [-0.15, -0.1) is 0 Å². The van der Waals surface area contributed by atoms with Crippen molar-refractivity contribution in [2.45, 2.75) is 70.4 Å². The number of amides is 1. The van der Waals surface area contributed by atoms with Crippen molar-refractivity contribution < 1.29 is 23.7 Å². The Hall–Kier alpha value is -2.57. The van der Waals surface area contributed by atoms with Crippen molar-refractivity contribution in [3.8, 4) is 11.5 Å². The average Bonchev–Trinajstić information content (AvgIpc) is 2.84. The van der Waals surface area contributed by atoms with Gasteiger partial charge in [-0.1, -0.05) is 30.3 Å². The van der Waals surface area contributed by atoms with E-state index in [4.69, 9.17) is 18.9 Å². The Labute approximate surface area is 203 Å². The van der Waals surface area contributed by atoms with Crippen molar-refractivity contribution >= 4 is 5.91 Å². The lowest BCUT2D eigenvalue weighted by molar-refractivity contribution is -0.190. The van der Waals surface area contributed by atoms with Crippen LogP contribution in [-0.2, 0) is 9.47 Å². The number of likely N-dealkylation sites (tertiary alicyclic amines) is 1. The van der Waals surface area contributed by atoms with Gasteiger partial charge < -0.3 is 23.8 Å². The number of benzene rings is 2. The van der Waals surface area contributed by atoms with E-state index in [1.54, 1.807) is 13.2 Å². The molecule has 4 rings (SSSR count). The van der Waals surface area contributed by atoms with E-state index in [2.05, 4.69) is 24.3 Å². The maximum atomic E-state index is 13.3. The summed E-state index contributed by atoms with van der Waals surface area (Å²) >= 11 is 0. The maximum absolute atomic E-state index is 13.3. The van der Waals surface area contributed by atoms with Crippen LogP contribution in [0.1, 0.15) is 68.5 Å². The van der Waals surface area contributed by atoms with Crippen LogP contribution < -0.4 is 9.47 Å². The summed E-state index contributed by atoms with van der Waals surface area (Å²) in [6.45, 7) is 8.00. The molecule has 2 fully saturated rings. The molecule has 2 aromatic carbocycles. The molecule has 184 valence electrons. The highest BCUT2D eigenvalue weighted by Crippen LogP contribution is 2.44. The standard InChI is InChI=1S/C28H37NO5/c1-5-32-23-18-25(21-9-7-6-8-10-21)34-28(19-23)13-15-29(16-14-28)27(30)22-11-12-24(33-20(2)3)26(17-22)31-4/h6-12,17,20,23,25H,5,13-16,18-19H2,1-4H3/t23-,25-/m1/s1. The van der Waals surface area contributed by atoms with E-state index in [1.165, 1.54) is 5.56 Å². The number of rotatable bonds is 7. The third-order valence-electron chi connectivity index (χ3n) is 6.78. The smallest absolute Gasteiger partial charge is 0.253 e. The van der Waals surface area contributed by atoms with Gasteiger partial charge in [-0.05, 0) is 57.4 Å². The van der Waals surface area contributed by atoms with Crippen molar-refractivity contribution in [2.75, 3.05) is 26.8 Å². The zero-order chi connectivity index (χ0) is 24.1. The van der Waals surface area contributed by atoms with Crippen LogP contribution in [-0.4, -0.2) is 55.4 Å². The fraction of sp³-hybridized carbons (Fsp3) is 0.536. The van der Waals surface area contributed by atoms with Crippen LogP contribution in [0.25, 0.3) is 0 Å². The summed E-state index contributed by atoms with van der Waals surface area (Å²) in [4.78, 5) is 15.2. The van der Waals surface area contributed by atoms with Crippen LogP contribution in [0.4, 0.5) is 0 Å². The highest BCUT2D eigenvalue weighted by molar-refractivity contribution is 5.95. The van der Waals surface area contributed by atoms with E-state index in [-0.39, 0.29) is 29.8 Å². The van der Waals surface area contributed by atoms with Crippen LogP contribution >= 0.6 is 0 Å². The first-order valence-electron chi connectivity index (χ1n) is 12.4. The van der Waals surface area contributed by atoms with Gasteiger partial charge in [0, 0.05) is 38.1 Å². The lowest BCUT2D eigenvalue weighted by Crippen LogP contribution is -2.52. The monoisotopic (exact) mass is 467 g/mol. The number of carbonyl (C=O) groups excluding carboxylic acids is 1. The Bertz CT molecular complexity index is 953. The first kappa shape index (κ1) is 24.6. The van der Waals surface area contributed by atoms with Gasteiger partial charge in [0.2, 0.25) is 0 Å². The van der Waals surface area contributed by atoms with Gasteiger partial charge in [0.25, 0.3) is 5.91 Å². The van der Waals surface area contributed by atoms with Crippen LogP contribution in [0, 0.1) is 0 Å². The Morgan fingerprint density at radius 3 is 2.50 bits per heavy atom. The number of hydrogen-bond acceptors (Lipinski definition) is 5. The van der Waals surface area contributed by atoms with Gasteiger partial charge in [0.05, 0.1) is 31.0 Å². The molecule has 34 heavy (non-hydrogen) atoms. The van der Waals surface area contributed by atoms with E-state index in [0.717, 1.165) is 25.7 Å². The number of carbonyl (C=O) groups is 1. The quantitative estimate of drug-likeness (QED) is 0.545. The summed E-state index contributed by atoms with van der Waals surface area (Å²) in [6.07, 6.45) is 3.57. The zero-order valence-electron chi connectivity index (χ0n) is 20.8. The number of methoxy groups -OCH3 is 1. The van der Waals surface area contributed by atoms with E-state index >= 15 is 0 Å². The minimum atomic E-state index is -0.262. The van der Waals surface area contributed by atoms with E-state index in [0.29, 0.717) is 36.8 Å². The molecule has 1 spiro atoms. The molecule has 0 aromatic heterocycles. The molecule has 0 unspecified atom stereocenters. The molecular weight excluding hydrogens is 430 g/mol. The van der Waals surface area contributed by atoms with Crippen LogP contribution in [0.3, 0.4) is 0 Å². The molecule has 0 radical (unpaired) electrons. The number of nitrogens with zero attached hydrogens (tertiary/aromatic N) is 1. The van der Waals surface area contributed by atoms with Crippen LogP contribution in [0.2, 0.25) is 0 Å². The molecule has 2 heterocycles. The third-order valence-corrected chi connectivity index (χ3v) is 6.78. The summed E-state index contributed by atoms with van der Waals surface area (Å²) in [7, 11) is 1.60. The minimum absolute atomic E-state index is 0.0148. The minimum Gasteiger partial charge on any atom is -0.493 e. The molecule has 0 bridgehead atoms. The van der Waals surface area contributed by atoms with Crippen molar-refractivity contribution in [2.24, 2.45) is 0 Å². The first-order chi connectivity index (χ1) is 16.4. The molecule has 2 atom stereocenters. The van der Waals surface area contributed by atoms with E-state index in [1.807, 2.05) is 43.9 Å². The van der Waals surface area contributed by atoms with Gasteiger partial charge in [0.1, 0.15) is 0 Å². The van der Waals surface area contributed by atoms with Gasteiger partial charge in [0.15, 0.2) is 11.5 Å². The first-order valence-corrected chi connectivity index (χ1v) is 12.4. The van der Waals surface area contributed by atoms with Gasteiger partial charge >= 0.3 is 0 Å². The largest absolute Gasteiger partial charge is 0.493 e. The number of ether oxygens (including phenoxy) is 4. The Morgan fingerprint density at radius 1 is 1.12 bits per heavy atom. The molecule has 2 aliphatic heterocycles. The predicted molar refractivity (Wildman–Crippen MR) is 132 cm³/mol. The van der Waals surface area contributed by atoms with Crippen LogP contribution in [0.5, 0.6) is 11.5 Å². The lowest BCUT2D eigenvalue weighted by Gasteiger charge is -2.48. The second-order valence-corrected chi connectivity index (χ2v) is 9.54. The Morgan fingerprint density at radius 2 is 1.85 bits per heavy atom. The normalized spacial score (nSPS) is 22.1. The Kier molecular flexibility index (Phi) is 7.79. The lowest BCUT2D eigenvalue weighted by atomic mass is 9.80. The van der Waals surface area contributed by atoms with Gasteiger partial charge in [-0.3, -0.25) is 4.79 Å². The summed E-state index contributed by atoms with van der Waals surface area (Å²) in [5, 5.41) is 0. The van der Waals surface area contributed by atoms with Crippen LogP contribution in [0.15, 0.2) is 48.5 Å². The predicted octanol–water partition coefficient (Wildman–Crippen LogP) is 5.41. The molecule has 2 aromatic rings. The molecule has 2 saturated heterocycles. The second kappa shape index (κ2) is 10.8. The Balaban J connectivity index is 1.45. The molecule has 6 nitrogen and oxygen atoms in total. The fourth-order valence-electron chi connectivity index (χ4n) is 5.14. The van der Waals surface area contributed by atoms with Crippen molar-refractivity contribution in [1.29, 1.82) is 0 Å². The average molecular weight is 468 g/mol. The molecule has 2 aliphatic rings. The third kappa shape index (κ3) is 5.56. The van der Waals surface area contributed by atoms with E-state index in [9.17, 15) is 4.79 Å². The summed E-state index contributed by atoms with van der Waals surface area (Å²) in [5.41, 5.74) is 1.55. The topological polar surface area (TPSA) is 57.2 Å². The molecule has 6 heteroatoms. The van der Waals surface area contributed by atoms with Crippen molar-refractivity contribution in [1.82, 2.24) is 4.90 Å². The van der Waals surface area contributed by atoms with E-state index < -0.39 is 0 Å². The highest BCUT2D eigenvalue weighted by Gasteiger charge is 2.45. The molecule has 1 amide bonds.